The van der Waals surface area contributed by atoms with E-state index >= 15 is 0 Å². The summed E-state index contributed by atoms with van der Waals surface area (Å²) in [5, 5.41) is 6.65. The maximum Gasteiger partial charge on any atom is 0.221 e. The monoisotopic (exact) mass is 477 g/mol. The number of anilines is 1. The number of benzene rings is 3. The Balaban J connectivity index is 1.62. The SMILES string of the molecule is Nc1nc(-c2ccc3c(cnn3Cc3ccccc3)c2)c2cc(I)ccc2n1. The van der Waals surface area contributed by atoms with E-state index in [1.54, 1.807) is 0 Å². The van der Waals surface area contributed by atoms with Gasteiger partial charge in [0.05, 0.1) is 29.5 Å². The number of hydrogen-bond acceptors (Lipinski definition) is 4. The lowest BCUT2D eigenvalue weighted by Gasteiger charge is -2.08. The van der Waals surface area contributed by atoms with Gasteiger partial charge in [0.15, 0.2) is 0 Å². The molecule has 5 aromatic rings. The van der Waals surface area contributed by atoms with Gasteiger partial charge in [0.2, 0.25) is 5.95 Å². The van der Waals surface area contributed by atoms with Crippen molar-refractivity contribution in [2.24, 2.45) is 0 Å². The second-order valence-electron chi connectivity index (χ2n) is 6.65. The Morgan fingerprint density at radius 2 is 1.79 bits per heavy atom. The van der Waals surface area contributed by atoms with E-state index in [1.807, 2.05) is 41.2 Å². The minimum absolute atomic E-state index is 0.281. The molecule has 0 spiro atoms. The van der Waals surface area contributed by atoms with Crippen LogP contribution in [0.4, 0.5) is 5.95 Å². The van der Waals surface area contributed by atoms with Crippen LogP contribution in [0.2, 0.25) is 0 Å². The molecule has 0 amide bonds. The molecule has 136 valence electrons. The van der Waals surface area contributed by atoms with Crippen molar-refractivity contribution >= 4 is 50.3 Å². The molecule has 0 bridgehead atoms. The number of aromatic nitrogens is 4. The fourth-order valence-corrected chi connectivity index (χ4v) is 3.95. The molecule has 28 heavy (non-hydrogen) atoms. The second kappa shape index (κ2) is 6.87. The van der Waals surface area contributed by atoms with E-state index in [0.29, 0.717) is 0 Å². The molecule has 5 nitrogen and oxygen atoms in total. The minimum Gasteiger partial charge on any atom is -0.368 e. The maximum absolute atomic E-state index is 5.96. The van der Waals surface area contributed by atoms with Gasteiger partial charge < -0.3 is 5.73 Å². The quantitative estimate of drug-likeness (QED) is 0.376. The summed E-state index contributed by atoms with van der Waals surface area (Å²) < 4.78 is 3.15. The number of hydrogen-bond donors (Lipinski definition) is 1. The predicted octanol–water partition coefficient (Wildman–Crippen LogP) is 4.88. The second-order valence-corrected chi connectivity index (χ2v) is 7.90. The minimum atomic E-state index is 0.281. The lowest BCUT2D eigenvalue weighted by atomic mass is 10.0. The molecule has 3 aromatic carbocycles. The van der Waals surface area contributed by atoms with Crippen molar-refractivity contribution in [3.05, 3.63) is 82.1 Å². The first-order valence-electron chi connectivity index (χ1n) is 8.90. The summed E-state index contributed by atoms with van der Waals surface area (Å²) in [6, 6.07) is 22.7. The van der Waals surface area contributed by atoms with Gasteiger partial charge in [-0.15, -0.1) is 0 Å². The van der Waals surface area contributed by atoms with Crippen LogP contribution in [0.1, 0.15) is 5.56 Å². The molecular formula is C22H16IN5. The zero-order valence-electron chi connectivity index (χ0n) is 14.9. The third kappa shape index (κ3) is 3.09. The van der Waals surface area contributed by atoms with Gasteiger partial charge in [0.1, 0.15) is 0 Å². The van der Waals surface area contributed by atoms with Crippen LogP contribution in [-0.4, -0.2) is 19.7 Å². The van der Waals surface area contributed by atoms with Gasteiger partial charge in [-0.2, -0.15) is 5.10 Å². The van der Waals surface area contributed by atoms with Gasteiger partial charge in [-0.1, -0.05) is 36.4 Å². The molecule has 5 rings (SSSR count). The summed E-state index contributed by atoms with van der Waals surface area (Å²) in [5.74, 6) is 0.281. The van der Waals surface area contributed by atoms with E-state index in [-0.39, 0.29) is 5.95 Å². The smallest absolute Gasteiger partial charge is 0.221 e. The molecule has 2 aromatic heterocycles. The predicted molar refractivity (Wildman–Crippen MR) is 121 cm³/mol. The van der Waals surface area contributed by atoms with Crippen LogP contribution >= 0.6 is 22.6 Å². The van der Waals surface area contributed by atoms with E-state index < -0.39 is 0 Å². The van der Waals surface area contributed by atoms with Crippen LogP contribution in [0, 0.1) is 3.57 Å². The summed E-state index contributed by atoms with van der Waals surface area (Å²) in [6.45, 7) is 0.741. The summed E-state index contributed by atoms with van der Waals surface area (Å²) in [7, 11) is 0. The zero-order chi connectivity index (χ0) is 19.1. The molecule has 0 saturated heterocycles. The first-order valence-corrected chi connectivity index (χ1v) is 9.98. The van der Waals surface area contributed by atoms with Gasteiger partial charge in [0.25, 0.3) is 0 Å². The van der Waals surface area contributed by atoms with E-state index in [2.05, 4.69) is 74.1 Å². The summed E-state index contributed by atoms with van der Waals surface area (Å²) in [4.78, 5) is 8.89. The highest BCUT2D eigenvalue weighted by Crippen LogP contribution is 2.30. The lowest BCUT2D eigenvalue weighted by molar-refractivity contribution is 0.712. The first kappa shape index (κ1) is 17.1. The van der Waals surface area contributed by atoms with Crippen molar-refractivity contribution in [2.45, 2.75) is 6.54 Å². The highest BCUT2D eigenvalue weighted by molar-refractivity contribution is 14.1. The molecule has 0 fully saturated rings. The Morgan fingerprint density at radius 3 is 2.64 bits per heavy atom. The first-order chi connectivity index (χ1) is 13.7. The number of fused-ring (bicyclic) bond motifs is 2. The topological polar surface area (TPSA) is 69.6 Å². The maximum atomic E-state index is 5.96. The normalized spacial score (nSPS) is 11.3. The van der Waals surface area contributed by atoms with Crippen molar-refractivity contribution in [2.75, 3.05) is 5.73 Å². The Kier molecular flexibility index (Phi) is 4.20. The Bertz CT molecular complexity index is 1310. The van der Waals surface area contributed by atoms with Gasteiger partial charge in [-0.05, 0) is 58.5 Å². The Labute approximate surface area is 175 Å². The summed E-state index contributed by atoms with van der Waals surface area (Å²) >= 11 is 2.30. The van der Waals surface area contributed by atoms with Crippen LogP contribution in [0.3, 0.4) is 0 Å². The van der Waals surface area contributed by atoms with Crippen molar-refractivity contribution in [1.82, 2.24) is 19.7 Å². The third-order valence-corrected chi connectivity index (χ3v) is 5.44. The standard InChI is InChI=1S/C22H16IN5/c23-17-7-8-19-18(11-17)21(27-22(24)26-19)15-6-9-20-16(10-15)12-25-28(20)13-14-4-2-1-3-5-14/h1-12H,13H2,(H2,24,26,27). The molecule has 2 N–H and O–H groups in total. The number of nitrogen functional groups attached to an aromatic ring is 1. The molecule has 0 radical (unpaired) electrons. The number of nitrogens with two attached hydrogens (primary N) is 1. The van der Waals surface area contributed by atoms with E-state index in [0.717, 1.165) is 43.2 Å². The van der Waals surface area contributed by atoms with Crippen LogP contribution < -0.4 is 5.73 Å². The fourth-order valence-electron chi connectivity index (χ4n) is 3.46. The van der Waals surface area contributed by atoms with Crippen molar-refractivity contribution < 1.29 is 0 Å². The highest BCUT2D eigenvalue weighted by Gasteiger charge is 2.11. The van der Waals surface area contributed by atoms with Crippen LogP contribution in [0.25, 0.3) is 33.1 Å². The number of nitrogens with zero attached hydrogens (tertiary/aromatic N) is 4. The van der Waals surface area contributed by atoms with Crippen molar-refractivity contribution in [3.63, 3.8) is 0 Å². The average molecular weight is 477 g/mol. The van der Waals surface area contributed by atoms with Gasteiger partial charge in [-0.25, -0.2) is 9.97 Å². The molecule has 0 aliphatic carbocycles. The molecule has 6 heteroatoms. The van der Waals surface area contributed by atoms with E-state index in [4.69, 9.17) is 5.73 Å². The Morgan fingerprint density at radius 1 is 0.929 bits per heavy atom. The van der Waals surface area contributed by atoms with E-state index in [9.17, 15) is 0 Å². The average Bonchev–Trinajstić information content (AvgIpc) is 3.10. The molecule has 0 aliphatic rings. The molecule has 0 atom stereocenters. The molecule has 0 saturated carbocycles. The van der Waals surface area contributed by atoms with E-state index in [1.165, 1.54) is 5.56 Å². The molecule has 0 unspecified atom stereocenters. The molecule has 0 aliphatic heterocycles. The van der Waals surface area contributed by atoms with Crippen LogP contribution in [-0.2, 0) is 6.54 Å². The highest BCUT2D eigenvalue weighted by atomic mass is 127. The molecular weight excluding hydrogens is 461 g/mol. The van der Waals surface area contributed by atoms with Gasteiger partial charge >= 0.3 is 0 Å². The fraction of sp³-hybridized carbons (Fsp3) is 0.0455. The number of rotatable bonds is 3. The molecule has 2 heterocycles. The lowest BCUT2D eigenvalue weighted by Crippen LogP contribution is -2.01. The number of halogens is 1. The van der Waals surface area contributed by atoms with Gasteiger partial charge in [0, 0.05) is 19.9 Å². The largest absolute Gasteiger partial charge is 0.368 e. The third-order valence-electron chi connectivity index (χ3n) is 4.77. The van der Waals surface area contributed by atoms with Crippen LogP contribution in [0.15, 0.2) is 72.9 Å². The van der Waals surface area contributed by atoms with Gasteiger partial charge in [-0.3, -0.25) is 4.68 Å². The zero-order valence-corrected chi connectivity index (χ0v) is 17.0. The van der Waals surface area contributed by atoms with Crippen molar-refractivity contribution in [1.29, 1.82) is 0 Å². The van der Waals surface area contributed by atoms with Crippen molar-refractivity contribution in [3.8, 4) is 11.3 Å². The Hall–Kier alpha value is -3.00. The summed E-state index contributed by atoms with van der Waals surface area (Å²) in [6.07, 6.45) is 1.90. The van der Waals surface area contributed by atoms with Crippen LogP contribution in [0.5, 0.6) is 0 Å². The summed E-state index contributed by atoms with van der Waals surface area (Å²) in [5.41, 5.74) is 11.0.